The zero-order valence-corrected chi connectivity index (χ0v) is 17.7. The molecule has 2 aromatic carbocycles. The fourth-order valence-corrected chi connectivity index (χ4v) is 4.01. The predicted octanol–water partition coefficient (Wildman–Crippen LogP) is 4.80. The molecule has 1 N–H and O–H groups in total. The number of benzene rings is 2. The van der Waals surface area contributed by atoms with Gasteiger partial charge in [-0.25, -0.2) is 8.42 Å². The molecular weight excluding hydrogens is 407 g/mol. The topological polar surface area (TPSA) is 66.5 Å². The van der Waals surface area contributed by atoms with Crippen molar-refractivity contribution in [1.29, 1.82) is 0 Å². The second-order valence-electron chi connectivity index (χ2n) is 6.38. The van der Waals surface area contributed by atoms with Crippen molar-refractivity contribution in [2.45, 2.75) is 26.7 Å². The van der Waals surface area contributed by atoms with Gasteiger partial charge in [0.05, 0.1) is 27.7 Å². The summed E-state index contributed by atoms with van der Waals surface area (Å²) in [6.45, 7) is 3.98. The van der Waals surface area contributed by atoms with Crippen LogP contribution in [0.15, 0.2) is 36.4 Å². The maximum Gasteiger partial charge on any atom is 0.232 e. The number of hydrogen-bond donors (Lipinski definition) is 1. The Balaban J connectivity index is 2.05. The fourth-order valence-electron chi connectivity index (χ4n) is 2.65. The minimum atomic E-state index is -3.46. The van der Waals surface area contributed by atoms with Crippen molar-refractivity contribution in [1.82, 2.24) is 0 Å². The Morgan fingerprint density at radius 3 is 2.52 bits per heavy atom. The zero-order valence-electron chi connectivity index (χ0n) is 15.4. The van der Waals surface area contributed by atoms with Crippen LogP contribution in [0.4, 0.5) is 11.4 Å². The maximum absolute atomic E-state index is 12.2. The molecule has 0 aliphatic rings. The van der Waals surface area contributed by atoms with Crippen LogP contribution in [0.25, 0.3) is 0 Å². The van der Waals surface area contributed by atoms with E-state index in [1.54, 1.807) is 18.2 Å². The first-order valence-corrected chi connectivity index (χ1v) is 11.0. The number of nitrogens with zero attached hydrogens (tertiary/aromatic N) is 1. The Morgan fingerprint density at radius 1 is 1.15 bits per heavy atom. The van der Waals surface area contributed by atoms with Crippen molar-refractivity contribution >= 4 is 50.5 Å². The van der Waals surface area contributed by atoms with Crippen LogP contribution in [-0.4, -0.2) is 27.1 Å². The molecule has 1 amide bonds. The van der Waals surface area contributed by atoms with Crippen LogP contribution in [0.3, 0.4) is 0 Å². The highest BCUT2D eigenvalue weighted by Gasteiger charge is 2.19. The molecule has 0 radical (unpaired) electrons. The first-order valence-electron chi connectivity index (χ1n) is 8.38. The van der Waals surface area contributed by atoms with Gasteiger partial charge >= 0.3 is 0 Å². The van der Waals surface area contributed by atoms with Crippen molar-refractivity contribution in [2.24, 2.45) is 0 Å². The summed E-state index contributed by atoms with van der Waals surface area (Å²) in [5, 5.41) is 3.33. The van der Waals surface area contributed by atoms with E-state index >= 15 is 0 Å². The molecule has 0 saturated heterocycles. The molecule has 8 heteroatoms. The van der Waals surface area contributed by atoms with Crippen molar-refractivity contribution < 1.29 is 13.2 Å². The van der Waals surface area contributed by atoms with E-state index in [1.807, 2.05) is 32.0 Å². The molecule has 2 aromatic rings. The lowest BCUT2D eigenvalue weighted by Gasteiger charge is -2.24. The molecule has 2 rings (SSSR count). The van der Waals surface area contributed by atoms with Crippen LogP contribution < -0.4 is 9.62 Å². The van der Waals surface area contributed by atoms with Crippen LogP contribution in [0.5, 0.6) is 0 Å². The third-order valence-corrected chi connectivity index (χ3v) is 6.02. The summed E-state index contributed by atoms with van der Waals surface area (Å²) >= 11 is 12.0. The maximum atomic E-state index is 12.2. The average Bonchev–Trinajstić information content (AvgIpc) is 2.57. The summed E-state index contributed by atoms with van der Waals surface area (Å²) in [6.07, 6.45) is 1.69. The summed E-state index contributed by atoms with van der Waals surface area (Å²) < 4.78 is 25.8. The third-order valence-electron chi connectivity index (χ3n) is 4.02. The van der Waals surface area contributed by atoms with Crippen LogP contribution >= 0.6 is 23.2 Å². The number of hydrogen-bond acceptors (Lipinski definition) is 3. The summed E-state index contributed by atoms with van der Waals surface area (Å²) in [5.41, 5.74) is 2.90. The van der Waals surface area contributed by atoms with Gasteiger partial charge in [0.1, 0.15) is 0 Å². The van der Waals surface area contributed by atoms with Crippen molar-refractivity contribution in [3.8, 4) is 0 Å². The first-order chi connectivity index (χ1) is 12.6. The molecule has 0 bridgehead atoms. The number of carbonyl (C=O) groups excluding carboxylic acids is 1. The molecule has 0 unspecified atom stereocenters. The molecular formula is C19H22Cl2N2O3S. The largest absolute Gasteiger partial charge is 0.325 e. The van der Waals surface area contributed by atoms with E-state index in [0.29, 0.717) is 22.8 Å². The van der Waals surface area contributed by atoms with Gasteiger partial charge in [0.2, 0.25) is 15.9 Å². The molecule has 0 atom stereocenters. The van der Waals surface area contributed by atoms with Gasteiger partial charge in [0, 0.05) is 13.0 Å². The highest BCUT2D eigenvalue weighted by atomic mass is 35.5. The number of carbonyl (C=O) groups is 1. The molecule has 0 heterocycles. The summed E-state index contributed by atoms with van der Waals surface area (Å²) in [5.74, 6) is -0.256. The average molecular weight is 429 g/mol. The lowest BCUT2D eigenvalue weighted by atomic mass is 10.1. The van der Waals surface area contributed by atoms with Gasteiger partial charge in [-0.1, -0.05) is 41.4 Å². The highest BCUT2D eigenvalue weighted by molar-refractivity contribution is 7.92. The third kappa shape index (κ3) is 5.86. The van der Waals surface area contributed by atoms with Crippen molar-refractivity contribution in [3.05, 3.63) is 57.6 Å². The number of anilines is 2. The van der Waals surface area contributed by atoms with E-state index in [-0.39, 0.29) is 23.9 Å². The summed E-state index contributed by atoms with van der Waals surface area (Å²) in [4.78, 5) is 12.2. The van der Waals surface area contributed by atoms with Gasteiger partial charge in [-0.15, -0.1) is 0 Å². The van der Waals surface area contributed by atoms with Crippen LogP contribution in [0, 0.1) is 13.8 Å². The fraction of sp³-hybridized carbons (Fsp3) is 0.316. The Morgan fingerprint density at radius 2 is 1.85 bits per heavy atom. The molecule has 0 aliphatic heterocycles. The Kier molecular flexibility index (Phi) is 7.14. The smallest absolute Gasteiger partial charge is 0.232 e. The van der Waals surface area contributed by atoms with E-state index in [2.05, 4.69) is 5.32 Å². The number of halogens is 2. The number of sulfonamides is 1. The molecule has 146 valence electrons. The summed E-state index contributed by atoms with van der Waals surface area (Å²) in [6, 6.07) is 10.6. The van der Waals surface area contributed by atoms with Gasteiger partial charge in [-0.3, -0.25) is 9.10 Å². The molecule has 0 spiro atoms. The van der Waals surface area contributed by atoms with Crippen LogP contribution in [-0.2, 0) is 14.8 Å². The van der Waals surface area contributed by atoms with E-state index in [9.17, 15) is 13.2 Å². The van der Waals surface area contributed by atoms with Crippen molar-refractivity contribution in [2.75, 3.05) is 22.4 Å². The SMILES string of the molecule is Cc1ccc(C)c(N(CCCC(=O)Nc2cccc(Cl)c2Cl)S(C)(=O)=O)c1. The quantitative estimate of drug-likeness (QED) is 0.688. The Hall–Kier alpha value is -1.76. The molecule has 0 saturated carbocycles. The first kappa shape index (κ1) is 21.5. The monoisotopic (exact) mass is 428 g/mol. The normalized spacial score (nSPS) is 11.3. The second kappa shape index (κ2) is 8.95. The number of aryl methyl sites for hydroxylation is 2. The lowest BCUT2D eigenvalue weighted by Crippen LogP contribution is -2.32. The Bertz CT molecular complexity index is 946. The van der Waals surface area contributed by atoms with Gasteiger partial charge in [-0.05, 0) is 49.6 Å². The number of amides is 1. The molecule has 0 aromatic heterocycles. The van der Waals surface area contributed by atoms with Gasteiger partial charge in [-0.2, -0.15) is 0 Å². The minimum absolute atomic E-state index is 0.153. The van der Waals surface area contributed by atoms with Gasteiger partial charge < -0.3 is 5.32 Å². The summed E-state index contributed by atoms with van der Waals surface area (Å²) in [7, 11) is -3.46. The van der Waals surface area contributed by atoms with E-state index in [4.69, 9.17) is 23.2 Å². The molecule has 0 fully saturated rings. The van der Waals surface area contributed by atoms with Gasteiger partial charge in [0.25, 0.3) is 0 Å². The minimum Gasteiger partial charge on any atom is -0.325 e. The molecule has 5 nitrogen and oxygen atoms in total. The van der Waals surface area contributed by atoms with E-state index < -0.39 is 10.0 Å². The second-order valence-corrected chi connectivity index (χ2v) is 9.07. The molecule has 27 heavy (non-hydrogen) atoms. The lowest BCUT2D eigenvalue weighted by molar-refractivity contribution is -0.116. The standard InChI is InChI=1S/C19H22Cl2N2O3S/c1-13-9-10-14(2)17(12-13)23(27(3,25)26)11-5-8-18(24)22-16-7-4-6-15(20)19(16)21/h4,6-7,9-10,12H,5,8,11H2,1-3H3,(H,22,24). The van der Waals surface area contributed by atoms with E-state index in [1.165, 1.54) is 10.6 Å². The molecule has 0 aliphatic carbocycles. The van der Waals surface area contributed by atoms with E-state index in [0.717, 1.165) is 11.1 Å². The zero-order chi connectivity index (χ0) is 20.2. The van der Waals surface area contributed by atoms with Crippen LogP contribution in [0.1, 0.15) is 24.0 Å². The predicted molar refractivity (Wildman–Crippen MR) is 112 cm³/mol. The number of nitrogens with one attached hydrogen (secondary N) is 1. The van der Waals surface area contributed by atoms with Gasteiger partial charge in [0.15, 0.2) is 0 Å². The Labute approximate surface area is 170 Å². The van der Waals surface area contributed by atoms with Crippen molar-refractivity contribution in [3.63, 3.8) is 0 Å². The number of rotatable bonds is 7. The highest BCUT2D eigenvalue weighted by Crippen LogP contribution is 2.29. The van der Waals surface area contributed by atoms with Crippen LogP contribution in [0.2, 0.25) is 10.0 Å².